The zero-order chi connectivity index (χ0) is 16.1. The molecule has 2 rings (SSSR count). The van der Waals surface area contributed by atoms with Gasteiger partial charge in [0.2, 0.25) is 0 Å². The van der Waals surface area contributed by atoms with E-state index >= 15 is 0 Å². The van der Waals surface area contributed by atoms with Gasteiger partial charge < -0.3 is 10.1 Å². The number of hydrogen-bond acceptors (Lipinski definition) is 2. The van der Waals surface area contributed by atoms with Gasteiger partial charge in [0.1, 0.15) is 5.75 Å². The third kappa shape index (κ3) is 4.02. The molecule has 1 aromatic carbocycles. The molecule has 1 N–H and O–H groups in total. The molecule has 0 aliphatic heterocycles. The molecule has 0 radical (unpaired) electrons. The van der Waals surface area contributed by atoms with Gasteiger partial charge in [-0.05, 0) is 48.9 Å². The van der Waals surface area contributed by atoms with Crippen LogP contribution in [0.3, 0.4) is 0 Å². The Bertz CT molecular complexity index is 514. The van der Waals surface area contributed by atoms with E-state index in [1.54, 1.807) is 7.11 Å². The summed E-state index contributed by atoms with van der Waals surface area (Å²) in [5.41, 5.74) is 2.86. The summed E-state index contributed by atoms with van der Waals surface area (Å²) in [4.78, 5) is 12.7. The summed E-state index contributed by atoms with van der Waals surface area (Å²) in [6.45, 7) is 6.23. The average molecular weight is 303 g/mol. The number of carbonyl (C=O) groups excluding carboxylic acids is 1. The van der Waals surface area contributed by atoms with Crippen molar-refractivity contribution in [1.82, 2.24) is 5.32 Å². The zero-order valence-corrected chi connectivity index (χ0v) is 14.4. The summed E-state index contributed by atoms with van der Waals surface area (Å²) in [7, 11) is 1.69. The van der Waals surface area contributed by atoms with E-state index in [0.717, 1.165) is 35.3 Å². The number of ether oxygens (including phenoxy) is 1. The molecule has 1 aromatic rings. The monoisotopic (exact) mass is 303 g/mol. The van der Waals surface area contributed by atoms with Crippen LogP contribution >= 0.6 is 0 Å². The third-order valence-corrected chi connectivity index (χ3v) is 4.63. The van der Waals surface area contributed by atoms with Gasteiger partial charge in [0, 0.05) is 11.6 Å². The minimum absolute atomic E-state index is 0.0638. The Kier molecular flexibility index (Phi) is 5.87. The molecule has 1 saturated carbocycles. The van der Waals surface area contributed by atoms with E-state index in [4.69, 9.17) is 4.74 Å². The highest BCUT2D eigenvalue weighted by Crippen LogP contribution is 2.30. The number of methoxy groups -OCH3 is 1. The molecule has 3 heteroatoms. The van der Waals surface area contributed by atoms with Crippen molar-refractivity contribution in [2.45, 2.75) is 71.3 Å². The molecule has 122 valence electrons. The second-order valence-corrected chi connectivity index (χ2v) is 6.73. The summed E-state index contributed by atoms with van der Waals surface area (Å²) in [5, 5.41) is 3.24. The number of amides is 1. The van der Waals surface area contributed by atoms with E-state index in [9.17, 15) is 4.79 Å². The van der Waals surface area contributed by atoms with Crippen LogP contribution in [0, 0.1) is 6.92 Å². The van der Waals surface area contributed by atoms with Gasteiger partial charge >= 0.3 is 0 Å². The molecule has 3 nitrogen and oxygen atoms in total. The fourth-order valence-electron chi connectivity index (χ4n) is 3.26. The van der Waals surface area contributed by atoms with E-state index in [1.165, 1.54) is 25.7 Å². The second-order valence-electron chi connectivity index (χ2n) is 6.73. The van der Waals surface area contributed by atoms with Gasteiger partial charge in [-0.25, -0.2) is 0 Å². The molecule has 1 aliphatic carbocycles. The number of rotatable bonds is 4. The first-order valence-electron chi connectivity index (χ1n) is 8.52. The van der Waals surface area contributed by atoms with Crippen molar-refractivity contribution in [3.05, 3.63) is 28.8 Å². The third-order valence-electron chi connectivity index (χ3n) is 4.63. The molecule has 1 amide bonds. The molecule has 0 saturated heterocycles. The van der Waals surface area contributed by atoms with Gasteiger partial charge in [0.25, 0.3) is 5.91 Å². The van der Waals surface area contributed by atoms with E-state index in [2.05, 4.69) is 19.2 Å². The van der Waals surface area contributed by atoms with E-state index < -0.39 is 0 Å². The molecule has 1 aliphatic rings. The quantitative estimate of drug-likeness (QED) is 0.827. The van der Waals surface area contributed by atoms with Crippen molar-refractivity contribution < 1.29 is 9.53 Å². The highest BCUT2D eigenvalue weighted by molar-refractivity contribution is 5.96. The second kappa shape index (κ2) is 7.66. The van der Waals surface area contributed by atoms with Crippen LogP contribution in [0.2, 0.25) is 0 Å². The number of aryl methyl sites for hydroxylation is 1. The molecule has 22 heavy (non-hydrogen) atoms. The number of benzene rings is 1. The summed E-state index contributed by atoms with van der Waals surface area (Å²) in [5.74, 6) is 1.27. The lowest BCUT2D eigenvalue weighted by Gasteiger charge is -2.19. The molecule has 0 atom stereocenters. The van der Waals surface area contributed by atoms with Gasteiger partial charge in [-0.3, -0.25) is 4.79 Å². The van der Waals surface area contributed by atoms with Crippen molar-refractivity contribution in [3.63, 3.8) is 0 Å². The predicted molar refractivity (Wildman–Crippen MR) is 90.8 cm³/mol. The Balaban J connectivity index is 2.19. The van der Waals surface area contributed by atoms with Gasteiger partial charge in [-0.15, -0.1) is 0 Å². The van der Waals surface area contributed by atoms with Crippen molar-refractivity contribution in [1.29, 1.82) is 0 Å². The van der Waals surface area contributed by atoms with Crippen LogP contribution in [0.4, 0.5) is 0 Å². The summed E-state index contributed by atoms with van der Waals surface area (Å²) in [6.07, 6.45) is 7.26. The van der Waals surface area contributed by atoms with Crippen LogP contribution in [0.25, 0.3) is 0 Å². The lowest BCUT2D eigenvalue weighted by molar-refractivity contribution is 0.0932. The lowest BCUT2D eigenvalue weighted by atomic mass is 9.95. The van der Waals surface area contributed by atoms with Gasteiger partial charge in [-0.1, -0.05) is 39.5 Å². The van der Waals surface area contributed by atoms with Crippen molar-refractivity contribution in [2.75, 3.05) is 7.11 Å². The van der Waals surface area contributed by atoms with Gasteiger partial charge in [0.15, 0.2) is 0 Å². The van der Waals surface area contributed by atoms with Gasteiger partial charge in [0.05, 0.1) is 7.11 Å². The maximum Gasteiger partial charge on any atom is 0.251 e. The van der Waals surface area contributed by atoms with Crippen LogP contribution in [-0.4, -0.2) is 19.1 Å². The highest BCUT2D eigenvalue weighted by atomic mass is 16.5. The number of nitrogens with one attached hydrogen (secondary N) is 1. The van der Waals surface area contributed by atoms with Crippen LogP contribution < -0.4 is 10.1 Å². The summed E-state index contributed by atoms with van der Waals surface area (Å²) >= 11 is 0. The van der Waals surface area contributed by atoms with E-state index in [0.29, 0.717) is 12.0 Å². The average Bonchev–Trinajstić information content (AvgIpc) is 2.75. The Morgan fingerprint density at radius 3 is 2.36 bits per heavy atom. The van der Waals surface area contributed by atoms with E-state index in [1.807, 2.05) is 19.1 Å². The molecular weight excluding hydrogens is 274 g/mol. The lowest BCUT2D eigenvalue weighted by Crippen LogP contribution is -2.34. The minimum Gasteiger partial charge on any atom is -0.496 e. The van der Waals surface area contributed by atoms with Crippen molar-refractivity contribution in [3.8, 4) is 5.75 Å². The fraction of sp³-hybridized carbons (Fsp3) is 0.632. The molecule has 1 fully saturated rings. The Labute approximate surface area is 134 Å². The summed E-state index contributed by atoms with van der Waals surface area (Å²) in [6, 6.07) is 4.32. The molecule has 0 aromatic heterocycles. The molecule has 0 unspecified atom stereocenters. The highest BCUT2D eigenvalue weighted by Gasteiger charge is 2.19. The van der Waals surface area contributed by atoms with Crippen LogP contribution in [-0.2, 0) is 0 Å². The number of carbonyl (C=O) groups is 1. The molecule has 0 heterocycles. The standard InChI is InChI=1S/C19H29NO2/c1-13(2)16-12-17(14(3)11-18(16)22-4)19(21)20-15-9-7-5-6-8-10-15/h11-13,15H,5-10H2,1-4H3,(H,20,21). The predicted octanol–water partition coefficient (Wildman–Crippen LogP) is 4.58. The Morgan fingerprint density at radius 1 is 1.18 bits per heavy atom. The minimum atomic E-state index is 0.0638. The Hall–Kier alpha value is -1.51. The van der Waals surface area contributed by atoms with Crippen molar-refractivity contribution >= 4 is 5.91 Å². The molecular formula is C19H29NO2. The first-order valence-corrected chi connectivity index (χ1v) is 8.52. The van der Waals surface area contributed by atoms with Crippen molar-refractivity contribution in [2.24, 2.45) is 0 Å². The smallest absolute Gasteiger partial charge is 0.251 e. The SMILES string of the molecule is COc1cc(C)c(C(=O)NC2CCCCCC2)cc1C(C)C. The van der Waals surface area contributed by atoms with Crippen LogP contribution in [0.15, 0.2) is 12.1 Å². The van der Waals surface area contributed by atoms with Crippen LogP contribution in [0.1, 0.15) is 79.8 Å². The fourth-order valence-corrected chi connectivity index (χ4v) is 3.26. The Morgan fingerprint density at radius 2 is 1.82 bits per heavy atom. The van der Waals surface area contributed by atoms with Crippen LogP contribution in [0.5, 0.6) is 5.75 Å². The maximum absolute atomic E-state index is 12.7. The van der Waals surface area contributed by atoms with E-state index in [-0.39, 0.29) is 5.91 Å². The topological polar surface area (TPSA) is 38.3 Å². The summed E-state index contributed by atoms with van der Waals surface area (Å²) < 4.78 is 5.46. The number of hydrogen-bond donors (Lipinski definition) is 1. The maximum atomic E-state index is 12.7. The van der Waals surface area contributed by atoms with Gasteiger partial charge in [-0.2, -0.15) is 0 Å². The first-order chi connectivity index (χ1) is 10.5. The molecule has 0 bridgehead atoms. The largest absolute Gasteiger partial charge is 0.496 e. The first kappa shape index (κ1) is 16.9. The normalized spacial score (nSPS) is 16.4. The zero-order valence-electron chi connectivity index (χ0n) is 14.4. The molecule has 0 spiro atoms.